The van der Waals surface area contributed by atoms with Gasteiger partial charge in [-0.2, -0.15) is 0 Å². The maximum atomic E-state index is 2.65. The summed E-state index contributed by atoms with van der Waals surface area (Å²) in [5.74, 6) is 0. The van der Waals surface area contributed by atoms with E-state index >= 15 is 0 Å². The van der Waals surface area contributed by atoms with Gasteiger partial charge in [0.25, 0.3) is 0 Å². The molecule has 0 radical (unpaired) electrons. The van der Waals surface area contributed by atoms with Crippen molar-refractivity contribution in [1.82, 2.24) is 9.80 Å². The monoisotopic (exact) mass is 392 g/mol. The second-order valence-electron chi connectivity index (χ2n) is 8.99. The van der Waals surface area contributed by atoms with Crippen molar-refractivity contribution in [2.75, 3.05) is 13.1 Å². The van der Waals surface area contributed by atoms with Crippen LogP contribution in [0.5, 0.6) is 0 Å². The van der Waals surface area contributed by atoms with Crippen LogP contribution in [-0.4, -0.2) is 29.1 Å². The lowest BCUT2D eigenvalue weighted by Crippen LogP contribution is -2.39. The van der Waals surface area contributed by atoms with Crippen LogP contribution in [0.25, 0.3) is 0 Å². The summed E-state index contributed by atoms with van der Waals surface area (Å²) in [4.78, 5) is 5.31. The molecule has 0 aromatic carbocycles. The lowest BCUT2D eigenvalue weighted by atomic mass is 10.1. The Morgan fingerprint density at radius 3 is 1.25 bits per heavy atom. The number of hydrogen-bond donors (Lipinski definition) is 0. The summed E-state index contributed by atoms with van der Waals surface area (Å²) in [5.41, 5.74) is 0. The van der Waals surface area contributed by atoms with E-state index in [1.165, 1.54) is 129 Å². The van der Waals surface area contributed by atoms with Crippen molar-refractivity contribution in [3.05, 3.63) is 12.4 Å². The summed E-state index contributed by atoms with van der Waals surface area (Å²) in [5, 5.41) is 0. The molecule has 0 aromatic rings. The number of nitrogens with zero attached hydrogens (tertiary/aromatic N) is 2. The fourth-order valence-electron chi connectivity index (χ4n) is 4.42. The summed E-state index contributed by atoms with van der Waals surface area (Å²) in [6.45, 7) is 9.42. The van der Waals surface area contributed by atoms with E-state index in [9.17, 15) is 0 Å². The standard InChI is InChI=1S/C26H52N2/c1-4-7-10-13-14-15-16-17-18-21-26-27(22-19-11-8-5-2)24-25-28(26)23-20-12-9-6-3/h24-26H,4-23H2,1-3H3. The van der Waals surface area contributed by atoms with Crippen LogP contribution in [0.15, 0.2) is 12.4 Å². The molecule has 166 valence electrons. The van der Waals surface area contributed by atoms with Gasteiger partial charge < -0.3 is 9.80 Å². The second kappa shape index (κ2) is 18.4. The Morgan fingerprint density at radius 2 is 0.821 bits per heavy atom. The van der Waals surface area contributed by atoms with Gasteiger partial charge in [-0.05, 0) is 25.7 Å². The molecular formula is C26H52N2. The minimum Gasteiger partial charge on any atom is -0.356 e. The Kier molecular flexibility index (Phi) is 16.7. The molecule has 2 nitrogen and oxygen atoms in total. The zero-order chi connectivity index (χ0) is 20.3. The van der Waals surface area contributed by atoms with Gasteiger partial charge in [0, 0.05) is 25.5 Å². The molecule has 28 heavy (non-hydrogen) atoms. The zero-order valence-electron chi connectivity index (χ0n) is 19.8. The van der Waals surface area contributed by atoms with Gasteiger partial charge in [-0.25, -0.2) is 0 Å². The molecule has 1 aliphatic heterocycles. The first-order valence-corrected chi connectivity index (χ1v) is 13.0. The minimum atomic E-state index is 0.646. The molecule has 0 fully saturated rings. The van der Waals surface area contributed by atoms with E-state index in [0.717, 1.165) is 0 Å². The fraction of sp³-hybridized carbons (Fsp3) is 0.923. The van der Waals surface area contributed by atoms with E-state index in [1.807, 2.05) is 0 Å². The predicted molar refractivity (Wildman–Crippen MR) is 126 cm³/mol. The second-order valence-corrected chi connectivity index (χ2v) is 8.99. The maximum absolute atomic E-state index is 2.65. The van der Waals surface area contributed by atoms with Crippen molar-refractivity contribution in [3.63, 3.8) is 0 Å². The molecular weight excluding hydrogens is 340 g/mol. The van der Waals surface area contributed by atoms with Gasteiger partial charge in [0.2, 0.25) is 0 Å². The van der Waals surface area contributed by atoms with Crippen LogP contribution in [0.3, 0.4) is 0 Å². The van der Waals surface area contributed by atoms with Crippen LogP contribution in [0.1, 0.15) is 136 Å². The molecule has 0 spiro atoms. The molecule has 0 aliphatic carbocycles. The molecule has 0 saturated heterocycles. The van der Waals surface area contributed by atoms with Crippen LogP contribution in [-0.2, 0) is 0 Å². The van der Waals surface area contributed by atoms with Gasteiger partial charge in [-0.15, -0.1) is 0 Å². The molecule has 2 heteroatoms. The van der Waals surface area contributed by atoms with Gasteiger partial charge >= 0.3 is 0 Å². The van der Waals surface area contributed by atoms with E-state index in [-0.39, 0.29) is 0 Å². The highest BCUT2D eigenvalue weighted by Crippen LogP contribution is 2.23. The summed E-state index contributed by atoms with van der Waals surface area (Å²) in [6, 6.07) is 0. The van der Waals surface area contributed by atoms with Gasteiger partial charge in [0.15, 0.2) is 0 Å². The maximum Gasteiger partial charge on any atom is 0.101 e. The minimum absolute atomic E-state index is 0.646. The highest BCUT2D eigenvalue weighted by molar-refractivity contribution is 4.96. The number of hydrogen-bond acceptors (Lipinski definition) is 2. The third kappa shape index (κ3) is 12.0. The van der Waals surface area contributed by atoms with Crippen LogP contribution in [0, 0.1) is 0 Å². The van der Waals surface area contributed by atoms with Crippen molar-refractivity contribution >= 4 is 0 Å². The topological polar surface area (TPSA) is 6.48 Å². The first-order chi connectivity index (χ1) is 13.8. The lowest BCUT2D eigenvalue weighted by molar-refractivity contribution is 0.135. The van der Waals surface area contributed by atoms with E-state index in [0.29, 0.717) is 6.17 Å². The quantitative estimate of drug-likeness (QED) is 0.192. The van der Waals surface area contributed by atoms with E-state index < -0.39 is 0 Å². The van der Waals surface area contributed by atoms with Crippen molar-refractivity contribution in [3.8, 4) is 0 Å². The molecule has 0 aromatic heterocycles. The Morgan fingerprint density at radius 1 is 0.464 bits per heavy atom. The third-order valence-electron chi connectivity index (χ3n) is 6.32. The largest absolute Gasteiger partial charge is 0.356 e. The fourth-order valence-corrected chi connectivity index (χ4v) is 4.42. The lowest BCUT2D eigenvalue weighted by Gasteiger charge is -2.33. The van der Waals surface area contributed by atoms with E-state index in [4.69, 9.17) is 0 Å². The summed E-state index contributed by atoms with van der Waals surface area (Å²) in [6.07, 6.45) is 30.6. The molecule has 1 rings (SSSR count). The molecule has 0 saturated carbocycles. The SMILES string of the molecule is CCCCCCCCCCCC1N(CCCCCC)C=CN1CCCCCC. The van der Waals surface area contributed by atoms with E-state index in [2.05, 4.69) is 43.0 Å². The predicted octanol–water partition coefficient (Wildman–Crippen LogP) is 8.48. The summed E-state index contributed by atoms with van der Waals surface area (Å²) >= 11 is 0. The average molecular weight is 393 g/mol. The van der Waals surface area contributed by atoms with Crippen LogP contribution in [0.4, 0.5) is 0 Å². The molecule has 0 unspecified atom stereocenters. The normalized spacial score (nSPS) is 14.5. The van der Waals surface area contributed by atoms with Crippen molar-refractivity contribution in [1.29, 1.82) is 0 Å². The van der Waals surface area contributed by atoms with Crippen molar-refractivity contribution < 1.29 is 0 Å². The average Bonchev–Trinajstić information content (AvgIpc) is 3.09. The van der Waals surface area contributed by atoms with Gasteiger partial charge in [0.05, 0.1) is 0 Å². The third-order valence-corrected chi connectivity index (χ3v) is 6.32. The number of rotatable bonds is 20. The van der Waals surface area contributed by atoms with Crippen LogP contribution < -0.4 is 0 Å². The first kappa shape index (κ1) is 25.4. The molecule has 0 bridgehead atoms. The smallest absolute Gasteiger partial charge is 0.101 e. The summed E-state index contributed by atoms with van der Waals surface area (Å²) in [7, 11) is 0. The summed E-state index contributed by atoms with van der Waals surface area (Å²) < 4.78 is 0. The Balaban J connectivity index is 2.25. The van der Waals surface area contributed by atoms with Gasteiger partial charge in [-0.3, -0.25) is 0 Å². The Bertz CT molecular complexity index is 330. The van der Waals surface area contributed by atoms with E-state index in [1.54, 1.807) is 0 Å². The van der Waals surface area contributed by atoms with Crippen molar-refractivity contribution in [2.24, 2.45) is 0 Å². The Labute approximate surface area is 178 Å². The van der Waals surface area contributed by atoms with Crippen molar-refractivity contribution in [2.45, 2.75) is 143 Å². The molecule has 1 heterocycles. The van der Waals surface area contributed by atoms with Gasteiger partial charge in [0.1, 0.15) is 6.17 Å². The zero-order valence-corrected chi connectivity index (χ0v) is 19.8. The van der Waals surface area contributed by atoms with Gasteiger partial charge in [-0.1, -0.05) is 111 Å². The molecule has 0 N–H and O–H groups in total. The first-order valence-electron chi connectivity index (χ1n) is 13.0. The highest BCUT2D eigenvalue weighted by atomic mass is 15.4. The Hall–Kier alpha value is -0.660. The van der Waals surface area contributed by atoms with Crippen LogP contribution >= 0.6 is 0 Å². The molecule has 1 aliphatic rings. The highest BCUT2D eigenvalue weighted by Gasteiger charge is 2.24. The van der Waals surface area contributed by atoms with Crippen LogP contribution in [0.2, 0.25) is 0 Å². The number of unbranched alkanes of at least 4 members (excludes halogenated alkanes) is 14. The molecule has 0 atom stereocenters. The molecule has 0 amide bonds.